The molecule has 5 aliphatic rings. The molecule has 5 rings (SSSR count). The molecule has 0 N–H and O–H groups in total. The molecule has 0 spiro atoms. The Morgan fingerprint density at radius 1 is 1.14 bits per heavy atom. The van der Waals surface area contributed by atoms with Crippen molar-refractivity contribution in [2.75, 3.05) is 19.8 Å². The van der Waals surface area contributed by atoms with Gasteiger partial charge >= 0.3 is 11.9 Å². The van der Waals surface area contributed by atoms with Crippen LogP contribution in [0.3, 0.4) is 0 Å². The summed E-state index contributed by atoms with van der Waals surface area (Å²) < 4.78 is 22.4. The maximum atomic E-state index is 12.2. The Morgan fingerprint density at radius 2 is 1.89 bits per heavy atom. The van der Waals surface area contributed by atoms with Crippen LogP contribution >= 0.6 is 11.6 Å². The van der Waals surface area contributed by atoms with Crippen molar-refractivity contribution >= 4 is 23.5 Å². The molecule has 0 amide bonds. The topological polar surface area (TPSA) is 71.1 Å². The summed E-state index contributed by atoms with van der Waals surface area (Å²) in [6, 6.07) is 0. The summed E-state index contributed by atoms with van der Waals surface area (Å²) in [5.74, 6) is 0.787. The summed E-state index contributed by atoms with van der Waals surface area (Å²) in [6.45, 7) is 4.41. The van der Waals surface area contributed by atoms with Gasteiger partial charge in [0.15, 0.2) is 0 Å². The van der Waals surface area contributed by atoms with Crippen LogP contribution in [0.15, 0.2) is 11.6 Å². The lowest BCUT2D eigenvalue weighted by molar-refractivity contribution is -0.216. The van der Waals surface area contributed by atoms with Gasteiger partial charge in [-0.3, -0.25) is 0 Å². The van der Waals surface area contributed by atoms with E-state index in [1.165, 1.54) is 6.42 Å². The summed E-state index contributed by atoms with van der Waals surface area (Å²) in [5.41, 5.74) is -0.542. The van der Waals surface area contributed by atoms with E-state index in [9.17, 15) is 9.59 Å². The van der Waals surface area contributed by atoms with Crippen LogP contribution in [0.2, 0.25) is 0 Å². The Labute approximate surface area is 170 Å². The third-order valence-electron chi connectivity index (χ3n) is 6.89. The molecule has 4 atom stereocenters. The average molecular weight is 413 g/mol. The van der Waals surface area contributed by atoms with E-state index in [2.05, 4.69) is 6.58 Å². The first-order valence-electron chi connectivity index (χ1n) is 10.4. The van der Waals surface area contributed by atoms with Gasteiger partial charge in [-0.1, -0.05) is 18.2 Å². The molecule has 0 aromatic rings. The third kappa shape index (κ3) is 4.24. The number of ether oxygens (including phenoxy) is 4. The minimum atomic E-state index is -0.542. The Balaban J connectivity index is 1.34. The van der Waals surface area contributed by atoms with E-state index in [-0.39, 0.29) is 17.6 Å². The summed E-state index contributed by atoms with van der Waals surface area (Å²) in [6.07, 6.45) is 7.51. The van der Waals surface area contributed by atoms with Crippen molar-refractivity contribution < 1.29 is 28.5 Å². The van der Waals surface area contributed by atoms with E-state index in [1.54, 1.807) is 0 Å². The molecule has 1 saturated heterocycles. The van der Waals surface area contributed by atoms with Gasteiger partial charge in [0.25, 0.3) is 0 Å². The molecule has 156 valence electrons. The predicted octanol–water partition coefficient (Wildman–Crippen LogP) is 3.56. The molecule has 6 nitrogen and oxygen atoms in total. The summed E-state index contributed by atoms with van der Waals surface area (Å²) in [5, 5.41) is -0.0912. The fourth-order valence-electron chi connectivity index (χ4n) is 6.01. The number of halogens is 1. The van der Waals surface area contributed by atoms with Crippen LogP contribution in [0.5, 0.6) is 0 Å². The van der Waals surface area contributed by atoms with Crippen LogP contribution in [0.1, 0.15) is 51.4 Å². The molecule has 7 heteroatoms. The lowest BCUT2D eigenvalue weighted by atomic mass is 9.50. The van der Waals surface area contributed by atoms with Gasteiger partial charge in [0.05, 0.1) is 13.2 Å². The van der Waals surface area contributed by atoms with Gasteiger partial charge in [-0.25, -0.2) is 9.59 Å². The molecular formula is C21H29ClO6. The largest absolute Gasteiger partial charge is 0.454 e. The van der Waals surface area contributed by atoms with Crippen molar-refractivity contribution in [3.63, 3.8) is 0 Å². The summed E-state index contributed by atoms with van der Waals surface area (Å²) in [7, 11) is 0. The molecule has 1 heterocycles. The minimum absolute atomic E-state index is 0.0824. The predicted molar refractivity (Wildman–Crippen MR) is 101 cm³/mol. The van der Waals surface area contributed by atoms with Crippen LogP contribution in [0.25, 0.3) is 0 Å². The Bertz CT molecular complexity index is 614. The first-order chi connectivity index (χ1) is 13.4. The molecule has 0 aromatic carbocycles. The Kier molecular flexibility index (Phi) is 6.00. The molecule has 4 unspecified atom stereocenters. The van der Waals surface area contributed by atoms with E-state index in [0.717, 1.165) is 44.9 Å². The third-order valence-corrected chi connectivity index (χ3v) is 7.04. The minimum Gasteiger partial charge on any atom is -0.454 e. The molecule has 5 fully saturated rings. The Morgan fingerprint density at radius 3 is 2.54 bits per heavy atom. The normalized spacial score (nSPS) is 38.8. The highest BCUT2D eigenvalue weighted by molar-refractivity contribution is 6.40. The molecule has 0 aromatic heterocycles. The van der Waals surface area contributed by atoms with Crippen molar-refractivity contribution in [2.24, 2.45) is 23.7 Å². The van der Waals surface area contributed by atoms with Gasteiger partial charge < -0.3 is 18.9 Å². The molecule has 1 aliphatic heterocycles. The first kappa shape index (κ1) is 20.2. The zero-order chi connectivity index (χ0) is 19.7. The smallest absolute Gasteiger partial charge is 0.349 e. The standard InChI is InChI=1S/C21H29ClO6/c1-13(22)20(24)28-21-9-14-6-15(10-21)8-16(7-14)17(21)11-25-12-18(23)27-19-4-2-3-5-26-19/h14-17,19H,1-12H2. The van der Waals surface area contributed by atoms with Gasteiger partial charge in [-0.05, 0) is 62.7 Å². The highest BCUT2D eigenvalue weighted by atomic mass is 35.5. The van der Waals surface area contributed by atoms with Gasteiger partial charge in [-0.2, -0.15) is 0 Å². The molecule has 28 heavy (non-hydrogen) atoms. The highest BCUT2D eigenvalue weighted by Gasteiger charge is 2.59. The quantitative estimate of drug-likeness (QED) is 0.470. The van der Waals surface area contributed by atoms with Crippen LogP contribution in [0.4, 0.5) is 0 Å². The fourth-order valence-corrected chi connectivity index (χ4v) is 6.05. The van der Waals surface area contributed by atoms with Crippen molar-refractivity contribution in [1.82, 2.24) is 0 Å². The molecular weight excluding hydrogens is 384 g/mol. The monoisotopic (exact) mass is 412 g/mol. The maximum absolute atomic E-state index is 12.2. The molecule has 4 bridgehead atoms. The Hall–Kier alpha value is -1.11. The zero-order valence-corrected chi connectivity index (χ0v) is 17.0. The van der Waals surface area contributed by atoms with Gasteiger partial charge in [0.1, 0.15) is 17.2 Å². The second kappa shape index (κ2) is 8.33. The van der Waals surface area contributed by atoms with Crippen molar-refractivity contribution in [2.45, 2.75) is 63.3 Å². The van der Waals surface area contributed by atoms with Crippen molar-refractivity contribution in [1.29, 1.82) is 0 Å². The lowest BCUT2D eigenvalue weighted by Crippen LogP contribution is -2.60. The maximum Gasteiger partial charge on any atom is 0.349 e. The second-order valence-electron chi connectivity index (χ2n) is 8.87. The molecule has 0 radical (unpaired) electrons. The van der Waals surface area contributed by atoms with Crippen LogP contribution in [-0.4, -0.2) is 43.7 Å². The van der Waals surface area contributed by atoms with Crippen LogP contribution in [0, 0.1) is 23.7 Å². The lowest BCUT2D eigenvalue weighted by Gasteiger charge is -2.60. The number of hydrogen-bond acceptors (Lipinski definition) is 6. The summed E-state index contributed by atoms with van der Waals surface area (Å²) >= 11 is 5.78. The fraction of sp³-hybridized carbons (Fsp3) is 0.810. The zero-order valence-electron chi connectivity index (χ0n) is 16.2. The van der Waals surface area contributed by atoms with E-state index in [4.69, 9.17) is 30.5 Å². The SMILES string of the molecule is C=C(Cl)C(=O)OC12CC3CC(CC(C3)C1COCC(=O)OC1CCCCO1)C2. The van der Waals surface area contributed by atoms with E-state index < -0.39 is 23.8 Å². The van der Waals surface area contributed by atoms with Crippen molar-refractivity contribution in [3.05, 3.63) is 11.6 Å². The van der Waals surface area contributed by atoms with Crippen molar-refractivity contribution in [3.8, 4) is 0 Å². The van der Waals surface area contributed by atoms with Gasteiger partial charge in [0.2, 0.25) is 6.29 Å². The highest BCUT2D eigenvalue weighted by Crippen LogP contribution is 2.60. The first-order valence-corrected chi connectivity index (χ1v) is 10.8. The number of carbonyl (C=O) groups excluding carboxylic acids is 2. The average Bonchev–Trinajstić information content (AvgIpc) is 2.64. The molecule has 4 saturated carbocycles. The summed E-state index contributed by atoms with van der Waals surface area (Å²) in [4.78, 5) is 24.3. The number of rotatable bonds is 7. The van der Waals surface area contributed by atoms with Crippen LogP contribution < -0.4 is 0 Å². The van der Waals surface area contributed by atoms with Gasteiger partial charge in [-0.15, -0.1) is 0 Å². The van der Waals surface area contributed by atoms with E-state index in [0.29, 0.717) is 31.0 Å². The second-order valence-corrected chi connectivity index (χ2v) is 9.33. The van der Waals surface area contributed by atoms with Gasteiger partial charge in [0, 0.05) is 12.3 Å². The van der Waals surface area contributed by atoms with Crippen LogP contribution in [-0.2, 0) is 28.5 Å². The number of esters is 2. The number of carbonyl (C=O) groups is 2. The van der Waals surface area contributed by atoms with E-state index in [1.807, 2.05) is 0 Å². The number of hydrogen-bond donors (Lipinski definition) is 0. The molecule has 4 aliphatic carbocycles. The van der Waals surface area contributed by atoms with E-state index >= 15 is 0 Å².